The van der Waals surface area contributed by atoms with Crippen molar-refractivity contribution >= 4 is 38.3 Å². The van der Waals surface area contributed by atoms with E-state index in [9.17, 15) is 13.2 Å². The number of fused-ring (bicyclic) bond motifs is 2. The van der Waals surface area contributed by atoms with E-state index in [-0.39, 0.29) is 16.8 Å². The number of hydrogen-bond acceptors (Lipinski definition) is 7. The SMILES string of the molecule is CC(=O)N1CCN(c2nc(-c3cccc4c3c(C)cn4S(=O)(=O)c3ccc(C)cc3)nc3c2CN(c2cc(C(C)C)ccc2C)CC3)[C@H](C)C1. The minimum Gasteiger partial charge on any atom is -0.366 e. The fourth-order valence-corrected chi connectivity index (χ4v) is 8.92. The molecule has 0 unspecified atom stereocenters. The fraction of sp³-hybridized carbons (Fsp3) is 0.375. The van der Waals surface area contributed by atoms with Crippen LogP contribution in [0.5, 0.6) is 0 Å². The van der Waals surface area contributed by atoms with Crippen molar-refractivity contribution in [1.82, 2.24) is 18.8 Å². The van der Waals surface area contributed by atoms with E-state index < -0.39 is 10.0 Å². The van der Waals surface area contributed by atoms with Crippen LogP contribution in [0.3, 0.4) is 0 Å². The third-order valence-electron chi connectivity index (χ3n) is 10.4. The minimum atomic E-state index is -3.83. The van der Waals surface area contributed by atoms with E-state index in [4.69, 9.17) is 9.97 Å². The summed E-state index contributed by atoms with van der Waals surface area (Å²) in [5.74, 6) is 2.00. The summed E-state index contributed by atoms with van der Waals surface area (Å²) in [6.07, 6.45) is 2.46. The number of anilines is 2. The van der Waals surface area contributed by atoms with Crippen molar-refractivity contribution in [2.75, 3.05) is 36.0 Å². The van der Waals surface area contributed by atoms with E-state index in [1.54, 1.807) is 25.3 Å². The van der Waals surface area contributed by atoms with Gasteiger partial charge < -0.3 is 14.7 Å². The van der Waals surface area contributed by atoms with Crippen molar-refractivity contribution in [2.24, 2.45) is 0 Å². The van der Waals surface area contributed by atoms with Crippen LogP contribution >= 0.6 is 0 Å². The number of carbonyl (C=O) groups excluding carboxylic acids is 1. The van der Waals surface area contributed by atoms with Crippen LogP contribution in [-0.2, 0) is 27.8 Å². The number of piperazine rings is 1. The Labute approximate surface area is 295 Å². The minimum absolute atomic E-state index is 0.0548. The summed E-state index contributed by atoms with van der Waals surface area (Å²) in [6, 6.07) is 19.5. The van der Waals surface area contributed by atoms with Gasteiger partial charge in [-0.15, -0.1) is 0 Å². The van der Waals surface area contributed by atoms with E-state index in [0.717, 1.165) is 52.1 Å². The van der Waals surface area contributed by atoms with Crippen molar-refractivity contribution in [2.45, 2.75) is 78.3 Å². The molecular formula is C40H46N6O3S. The van der Waals surface area contributed by atoms with E-state index in [2.05, 4.69) is 55.7 Å². The Morgan fingerprint density at radius 2 is 1.68 bits per heavy atom. The second-order valence-corrected chi connectivity index (χ2v) is 16.1. The molecule has 1 saturated heterocycles. The van der Waals surface area contributed by atoms with Crippen LogP contribution < -0.4 is 9.80 Å². The molecule has 0 bridgehead atoms. The zero-order valence-corrected chi connectivity index (χ0v) is 30.9. The van der Waals surface area contributed by atoms with Crippen molar-refractivity contribution in [3.05, 3.63) is 100 Å². The summed E-state index contributed by atoms with van der Waals surface area (Å²) in [5, 5.41) is 0.821. The van der Waals surface area contributed by atoms with Gasteiger partial charge >= 0.3 is 0 Å². The van der Waals surface area contributed by atoms with Gasteiger partial charge in [0.25, 0.3) is 10.0 Å². The molecule has 9 nitrogen and oxygen atoms in total. The lowest BCUT2D eigenvalue weighted by atomic mass is 9.97. The van der Waals surface area contributed by atoms with Crippen LogP contribution in [0.15, 0.2) is 71.8 Å². The van der Waals surface area contributed by atoms with Gasteiger partial charge in [0.2, 0.25) is 5.91 Å². The summed E-state index contributed by atoms with van der Waals surface area (Å²) in [6.45, 7) is 17.7. The molecule has 1 atom stereocenters. The fourth-order valence-electron chi connectivity index (χ4n) is 7.50. The molecule has 0 N–H and O–H groups in total. The second-order valence-electron chi connectivity index (χ2n) is 14.3. The smallest absolute Gasteiger partial charge is 0.268 e. The Morgan fingerprint density at radius 1 is 0.920 bits per heavy atom. The molecule has 4 heterocycles. The summed E-state index contributed by atoms with van der Waals surface area (Å²) in [4.78, 5) is 29.9. The van der Waals surface area contributed by atoms with Gasteiger partial charge in [-0.2, -0.15) is 0 Å². The van der Waals surface area contributed by atoms with Crippen LogP contribution in [0.2, 0.25) is 0 Å². The maximum absolute atomic E-state index is 13.9. The molecule has 0 spiro atoms. The van der Waals surface area contributed by atoms with E-state index >= 15 is 0 Å². The van der Waals surface area contributed by atoms with Crippen molar-refractivity contribution in [3.8, 4) is 11.4 Å². The van der Waals surface area contributed by atoms with Crippen LogP contribution in [0.4, 0.5) is 11.5 Å². The molecular weight excluding hydrogens is 645 g/mol. The van der Waals surface area contributed by atoms with E-state index in [1.807, 2.05) is 49.1 Å². The summed E-state index contributed by atoms with van der Waals surface area (Å²) in [7, 11) is -3.83. The Bertz CT molecular complexity index is 2220. The second kappa shape index (κ2) is 12.9. The maximum Gasteiger partial charge on any atom is 0.268 e. The molecule has 1 amide bonds. The summed E-state index contributed by atoms with van der Waals surface area (Å²) >= 11 is 0. The predicted molar refractivity (Wildman–Crippen MR) is 201 cm³/mol. The van der Waals surface area contributed by atoms with Gasteiger partial charge in [-0.1, -0.05) is 55.8 Å². The van der Waals surface area contributed by atoms with Crippen molar-refractivity contribution < 1.29 is 13.2 Å². The molecule has 7 rings (SSSR count). The lowest BCUT2D eigenvalue weighted by molar-refractivity contribution is -0.129. The third-order valence-corrected chi connectivity index (χ3v) is 12.1. The highest BCUT2D eigenvalue weighted by molar-refractivity contribution is 7.90. The first kappa shape index (κ1) is 33.8. The summed E-state index contributed by atoms with van der Waals surface area (Å²) in [5.41, 5.74) is 9.16. The normalized spacial score (nSPS) is 16.7. The number of aryl methyl sites for hydroxylation is 3. The molecule has 260 valence electrons. The molecule has 2 aliphatic heterocycles. The van der Waals surface area contributed by atoms with Crippen LogP contribution in [0, 0.1) is 20.8 Å². The lowest BCUT2D eigenvalue weighted by Crippen LogP contribution is -2.54. The molecule has 50 heavy (non-hydrogen) atoms. The van der Waals surface area contributed by atoms with Crippen molar-refractivity contribution in [1.29, 1.82) is 0 Å². The van der Waals surface area contributed by atoms with Gasteiger partial charge in [-0.25, -0.2) is 22.4 Å². The van der Waals surface area contributed by atoms with Gasteiger partial charge in [0, 0.05) is 80.5 Å². The Morgan fingerprint density at radius 3 is 2.38 bits per heavy atom. The third kappa shape index (κ3) is 5.93. The average molecular weight is 691 g/mol. The first-order valence-corrected chi connectivity index (χ1v) is 19.0. The molecule has 10 heteroatoms. The molecule has 2 aliphatic rings. The molecule has 5 aromatic rings. The zero-order chi connectivity index (χ0) is 35.5. The van der Waals surface area contributed by atoms with Gasteiger partial charge in [0.15, 0.2) is 5.82 Å². The Balaban J connectivity index is 1.36. The first-order valence-electron chi connectivity index (χ1n) is 17.5. The predicted octanol–water partition coefficient (Wildman–Crippen LogP) is 7.00. The van der Waals surface area contributed by atoms with Crippen LogP contribution in [0.1, 0.15) is 67.1 Å². The van der Waals surface area contributed by atoms with E-state index in [0.29, 0.717) is 43.4 Å². The standard InChI is InChI=1S/C40H46N6O3S/c1-25(2)31-14-13-27(4)37(21-31)44-18-17-35-34(24-44)40(45-20-19-43(30(7)47)23-29(45)6)42-39(41-35)33-9-8-10-36-38(33)28(5)22-46(36)50(48,49)32-15-11-26(3)12-16-32/h8-16,21-22,25,29H,17-20,23-24H2,1-7H3/t29-/m1/s1. The monoisotopic (exact) mass is 690 g/mol. The quantitative estimate of drug-likeness (QED) is 0.190. The molecule has 0 radical (unpaired) electrons. The topological polar surface area (TPSA) is 91.6 Å². The highest BCUT2D eigenvalue weighted by Gasteiger charge is 2.33. The summed E-state index contributed by atoms with van der Waals surface area (Å²) < 4.78 is 29.2. The number of benzene rings is 3. The number of carbonyl (C=O) groups is 1. The first-order chi connectivity index (χ1) is 23.8. The van der Waals surface area contributed by atoms with Crippen LogP contribution in [0.25, 0.3) is 22.3 Å². The average Bonchev–Trinajstić information content (AvgIpc) is 3.45. The van der Waals surface area contributed by atoms with Gasteiger partial charge in [-0.05, 0) is 74.6 Å². The highest BCUT2D eigenvalue weighted by Crippen LogP contribution is 2.38. The molecule has 1 fully saturated rings. The highest BCUT2D eigenvalue weighted by atomic mass is 32.2. The number of aromatic nitrogens is 3. The maximum atomic E-state index is 13.9. The molecule has 2 aromatic heterocycles. The van der Waals surface area contributed by atoms with Gasteiger partial charge in [0.05, 0.1) is 16.1 Å². The zero-order valence-electron chi connectivity index (χ0n) is 30.1. The van der Waals surface area contributed by atoms with Gasteiger partial charge in [-0.3, -0.25) is 4.79 Å². The number of hydrogen-bond donors (Lipinski definition) is 0. The molecule has 0 saturated carbocycles. The molecule has 3 aromatic carbocycles. The largest absolute Gasteiger partial charge is 0.366 e. The Kier molecular flexibility index (Phi) is 8.70. The number of amides is 1. The number of nitrogens with zero attached hydrogens (tertiary/aromatic N) is 6. The molecule has 0 aliphatic carbocycles. The van der Waals surface area contributed by atoms with Crippen molar-refractivity contribution in [3.63, 3.8) is 0 Å². The Hall–Kier alpha value is -4.70. The number of rotatable bonds is 6. The lowest BCUT2D eigenvalue weighted by Gasteiger charge is -2.42. The van der Waals surface area contributed by atoms with Crippen LogP contribution in [-0.4, -0.2) is 65.4 Å². The van der Waals surface area contributed by atoms with Gasteiger partial charge in [0.1, 0.15) is 5.82 Å². The van der Waals surface area contributed by atoms with E-state index in [1.165, 1.54) is 20.8 Å².